The first-order valence-electron chi connectivity index (χ1n) is 6.76. The number of hydrogen-bond acceptors (Lipinski definition) is 4. The van der Waals surface area contributed by atoms with E-state index in [4.69, 9.17) is 4.74 Å². The fraction of sp³-hybridized carbons (Fsp3) is 0.923. The van der Waals surface area contributed by atoms with Crippen molar-refractivity contribution >= 4 is 5.97 Å². The van der Waals surface area contributed by atoms with Gasteiger partial charge in [0.15, 0.2) is 0 Å². The maximum atomic E-state index is 11.6. The van der Waals surface area contributed by atoms with Gasteiger partial charge in [0.25, 0.3) is 0 Å². The number of carbonyl (C=O) groups is 1. The van der Waals surface area contributed by atoms with Crippen molar-refractivity contribution in [2.45, 2.75) is 44.7 Å². The fourth-order valence-electron chi connectivity index (χ4n) is 2.71. The number of rotatable bonds is 5. The third-order valence-electron chi connectivity index (χ3n) is 3.92. The first-order valence-corrected chi connectivity index (χ1v) is 6.76. The highest BCUT2D eigenvalue weighted by molar-refractivity contribution is 5.75. The minimum Gasteiger partial charge on any atom is -0.468 e. The number of nitrogens with zero attached hydrogens (tertiary/aromatic N) is 1. The second-order valence-corrected chi connectivity index (χ2v) is 5.34. The molecule has 0 bridgehead atoms. The molecule has 4 nitrogen and oxygen atoms in total. The number of piperidine rings is 1. The molecule has 2 fully saturated rings. The summed E-state index contributed by atoms with van der Waals surface area (Å²) < 4.78 is 4.86. The molecule has 17 heavy (non-hydrogen) atoms. The van der Waals surface area contributed by atoms with Crippen LogP contribution in [0.3, 0.4) is 0 Å². The number of hydrogen-bond donors (Lipinski definition) is 1. The zero-order chi connectivity index (χ0) is 12.3. The van der Waals surface area contributed by atoms with Gasteiger partial charge in [0.05, 0.1) is 7.11 Å². The molecule has 2 unspecified atom stereocenters. The van der Waals surface area contributed by atoms with E-state index in [1.54, 1.807) is 0 Å². The molecule has 98 valence electrons. The molecule has 1 aliphatic carbocycles. The third kappa shape index (κ3) is 3.42. The average molecular weight is 240 g/mol. The van der Waals surface area contributed by atoms with Crippen molar-refractivity contribution in [2.75, 3.05) is 26.7 Å². The van der Waals surface area contributed by atoms with E-state index in [2.05, 4.69) is 10.2 Å². The van der Waals surface area contributed by atoms with Crippen LogP contribution in [-0.4, -0.2) is 49.7 Å². The standard InChI is InChI=1S/C13H24N2O2/c1-10(13(16)17-2)15(12-5-6-12)9-11-4-3-7-14-8-11/h10-12,14H,3-9H2,1-2H3. The molecule has 0 aromatic carbocycles. The number of nitrogens with one attached hydrogen (secondary N) is 1. The molecular weight excluding hydrogens is 216 g/mol. The monoisotopic (exact) mass is 240 g/mol. The summed E-state index contributed by atoms with van der Waals surface area (Å²) in [6.07, 6.45) is 5.02. The smallest absolute Gasteiger partial charge is 0.322 e. The molecule has 1 N–H and O–H groups in total. The summed E-state index contributed by atoms with van der Waals surface area (Å²) in [7, 11) is 1.48. The number of esters is 1. The number of methoxy groups -OCH3 is 1. The third-order valence-corrected chi connectivity index (χ3v) is 3.92. The van der Waals surface area contributed by atoms with Crippen LogP contribution in [-0.2, 0) is 9.53 Å². The minimum atomic E-state index is -0.0966. The van der Waals surface area contributed by atoms with E-state index in [1.165, 1.54) is 32.8 Å². The molecule has 1 heterocycles. The first kappa shape index (κ1) is 12.8. The molecule has 0 aromatic rings. The molecular formula is C13H24N2O2. The second-order valence-electron chi connectivity index (χ2n) is 5.34. The van der Waals surface area contributed by atoms with E-state index >= 15 is 0 Å². The van der Waals surface area contributed by atoms with Crippen molar-refractivity contribution < 1.29 is 9.53 Å². The molecule has 2 rings (SSSR count). The first-order chi connectivity index (χ1) is 8.22. The van der Waals surface area contributed by atoms with Crippen molar-refractivity contribution in [3.63, 3.8) is 0 Å². The summed E-state index contributed by atoms with van der Waals surface area (Å²) in [6, 6.07) is 0.528. The Kier molecular flexibility index (Phi) is 4.40. The van der Waals surface area contributed by atoms with Gasteiger partial charge in [-0.05, 0) is 51.6 Å². The summed E-state index contributed by atoms with van der Waals surface area (Å²) in [5.41, 5.74) is 0. The van der Waals surface area contributed by atoms with Gasteiger partial charge in [-0.15, -0.1) is 0 Å². The van der Waals surface area contributed by atoms with E-state index in [0.29, 0.717) is 12.0 Å². The van der Waals surface area contributed by atoms with Crippen LogP contribution < -0.4 is 5.32 Å². The molecule has 1 aliphatic heterocycles. The second kappa shape index (κ2) is 5.83. The Balaban J connectivity index is 1.89. The van der Waals surface area contributed by atoms with Gasteiger partial charge in [0.2, 0.25) is 0 Å². The molecule has 0 spiro atoms. The lowest BCUT2D eigenvalue weighted by Gasteiger charge is -2.33. The van der Waals surface area contributed by atoms with Gasteiger partial charge in [0.1, 0.15) is 6.04 Å². The molecule has 1 saturated heterocycles. The molecule has 0 aromatic heterocycles. The van der Waals surface area contributed by atoms with Crippen LogP contribution >= 0.6 is 0 Å². The summed E-state index contributed by atoms with van der Waals surface area (Å²) >= 11 is 0. The Morgan fingerprint density at radius 1 is 1.47 bits per heavy atom. The van der Waals surface area contributed by atoms with E-state index in [9.17, 15) is 4.79 Å². The molecule has 2 aliphatic rings. The minimum absolute atomic E-state index is 0.0885. The lowest BCUT2D eigenvalue weighted by molar-refractivity contribution is -0.146. The summed E-state index contributed by atoms with van der Waals surface area (Å²) in [5.74, 6) is 0.595. The zero-order valence-electron chi connectivity index (χ0n) is 10.9. The maximum Gasteiger partial charge on any atom is 0.322 e. The van der Waals surface area contributed by atoms with Gasteiger partial charge in [-0.3, -0.25) is 9.69 Å². The zero-order valence-corrected chi connectivity index (χ0v) is 10.9. The number of carbonyl (C=O) groups excluding carboxylic acids is 1. The van der Waals surface area contributed by atoms with Crippen molar-refractivity contribution in [3.05, 3.63) is 0 Å². The highest BCUT2D eigenvalue weighted by Gasteiger charge is 2.36. The SMILES string of the molecule is COC(=O)C(C)N(CC1CCCNC1)C1CC1. The van der Waals surface area contributed by atoms with Crippen molar-refractivity contribution in [3.8, 4) is 0 Å². The van der Waals surface area contributed by atoms with Gasteiger partial charge >= 0.3 is 5.97 Å². The molecule has 2 atom stereocenters. The largest absolute Gasteiger partial charge is 0.468 e. The predicted octanol–water partition coefficient (Wildman–Crippen LogP) is 1.01. The van der Waals surface area contributed by atoms with Crippen molar-refractivity contribution in [1.82, 2.24) is 10.2 Å². The summed E-state index contributed by atoms with van der Waals surface area (Å²) in [6.45, 7) is 5.25. The van der Waals surface area contributed by atoms with Gasteiger partial charge in [-0.25, -0.2) is 0 Å². The summed E-state index contributed by atoms with van der Waals surface area (Å²) in [4.78, 5) is 14.0. The Labute approximate surface area is 104 Å². The molecule has 1 saturated carbocycles. The normalized spacial score (nSPS) is 26.9. The highest BCUT2D eigenvalue weighted by atomic mass is 16.5. The quantitative estimate of drug-likeness (QED) is 0.728. The topological polar surface area (TPSA) is 41.6 Å². The summed E-state index contributed by atoms with van der Waals surface area (Å²) in [5, 5.41) is 3.44. The van der Waals surface area contributed by atoms with Crippen molar-refractivity contribution in [1.29, 1.82) is 0 Å². The van der Waals surface area contributed by atoms with Gasteiger partial charge in [-0.2, -0.15) is 0 Å². The van der Waals surface area contributed by atoms with Crippen LogP contribution in [0.2, 0.25) is 0 Å². The lowest BCUT2D eigenvalue weighted by atomic mass is 9.98. The van der Waals surface area contributed by atoms with Crippen molar-refractivity contribution in [2.24, 2.45) is 5.92 Å². The van der Waals surface area contributed by atoms with Gasteiger partial charge in [-0.1, -0.05) is 0 Å². The van der Waals surface area contributed by atoms with Crippen LogP contribution in [0.1, 0.15) is 32.6 Å². The molecule has 4 heteroatoms. The average Bonchev–Trinajstić information content (AvgIpc) is 3.19. The van der Waals surface area contributed by atoms with Crippen LogP contribution in [0.5, 0.6) is 0 Å². The Morgan fingerprint density at radius 2 is 2.24 bits per heavy atom. The van der Waals surface area contributed by atoms with Crippen LogP contribution in [0.25, 0.3) is 0 Å². The van der Waals surface area contributed by atoms with Crippen LogP contribution in [0, 0.1) is 5.92 Å². The van der Waals surface area contributed by atoms with Gasteiger partial charge in [0, 0.05) is 12.6 Å². The Morgan fingerprint density at radius 3 is 2.76 bits per heavy atom. The van der Waals surface area contributed by atoms with E-state index in [-0.39, 0.29) is 12.0 Å². The highest BCUT2D eigenvalue weighted by Crippen LogP contribution is 2.30. The van der Waals surface area contributed by atoms with E-state index in [1.807, 2.05) is 6.92 Å². The Bertz CT molecular complexity index is 260. The molecule has 0 radical (unpaired) electrons. The van der Waals surface area contributed by atoms with Crippen LogP contribution in [0.15, 0.2) is 0 Å². The lowest BCUT2D eigenvalue weighted by Crippen LogP contribution is -2.46. The Hall–Kier alpha value is -0.610. The van der Waals surface area contributed by atoms with Crippen LogP contribution in [0.4, 0.5) is 0 Å². The fourth-order valence-corrected chi connectivity index (χ4v) is 2.71. The van der Waals surface area contributed by atoms with E-state index < -0.39 is 0 Å². The van der Waals surface area contributed by atoms with Gasteiger partial charge < -0.3 is 10.1 Å². The maximum absolute atomic E-state index is 11.6. The predicted molar refractivity (Wildman–Crippen MR) is 66.8 cm³/mol. The van der Waals surface area contributed by atoms with E-state index in [0.717, 1.165) is 19.6 Å². The number of ether oxygens (including phenoxy) is 1. The molecule has 0 amide bonds.